The van der Waals surface area contributed by atoms with Gasteiger partial charge in [0.15, 0.2) is 0 Å². The van der Waals surface area contributed by atoms with Crippen molar-refractivity contribution >= 4 is 17.2 Å². The number of carbonyl (C=O) groups excluding carboxylic acids is 1. The average Bonchev–Trinajstić information content (AvgIpc) is 2.99. The van der Waals surface area contributed by atoms with Crippen LogP contribution in [0.15, 0.2) is 29.6 Å². The lowest BCUT2D eigenvalue weighted by atomic mass is 10.0. The van der Waals surface area contributed by atoms with E-state index in [1.807, 2.05) is 36.7 Å². The highest BCUT2D eigenvalue weighted by atomic mass is 32.1. The zero-order valence-electron chi connectivity index (χ0n) is 12.5. The number of benzene rings is 1. The van der Waals surface area contributed by atoms with Gasteiger partial charge in [0.2, 0.25) is 0 Å². The van der Waals surface area contributed by atoms with Gasteiger partial charge in [0, 0.05) is 10.9 Å². The number of carbonyl (C=O) groups is 1. The maximum absolute atomic E-state index is 12.3. The third-order valence-corrected chi connectivity index (χ3v) is 4.28. The van der Waals surface area contributed by atoms with Crippen molar-refractivity contribution < 1.29 is 4.79 Å². The Balaban J connectivity index is 1.99. The van der Waals surface area contributed by atoms with Gasteiger partial charge in [-0.2, -0.15) is 0 Å². The molecule has 0 fully saturated rings. The lowest BCUT2D eigenvalue weighted by molar-refractivity contribution is 0.0949. The van der Waals surface area contributed by atoms with Gasteiger partial charge in [0.1, 0.15) is 0 Å². The SMILES string of the molecule is CCc1nc(CNC(=O)c2ccccc2CCNC)cs1. The van der Waals surface area contributed by atoms with Gasteiger partial charge in [0.05, 0.1) is 17.2 Å². The monoisotopic (exact) mass is 303 g/mol. The molecular weight excluding hydrogens is 282 g/mol. The number of likely N-dealkylation sites (N-methyl/N-ethyl adjacent to an activating group) is 1. The number of aryl methyl sites for hydroxylation is 1. The third-order valence-electron chi connectivity index (χ3n) is 3.24. The van der Waals surface area contributed by atoms with Crippen LogP contribution in [0.2, 0.25) is 0 Å². The summed E-state index contributed by atoms with van der Waals surface area (Å²) in [6.45, 7) is 3.42. The van der Waals surface area contributed by atoms with Crippen molar-refractivity contribution in [3.63, 3.8) is 0 Å². The predicted octanol–water partition coefficient (Wildman–Crippen LogP) is 2.40. The van der Waals surface area contributed by atoms with E-state index in [9.17, 15) is 4.79 Å². The van der Waals surface area contributed by atoms with Crippen LogP contribution >= 0.6 is 11.3 Å². The number of nitrogens with one attached hydrogen (secondary N) is 2. The number of rotatable bonds is 7. The van der Waals surface area contributed by atoms with E-state index in [1.54, 1.807) is 11.3 Å². The average molecular weight is 303 g/mol. The zero-order chi connectivity index (χ0) is 15.1. The largest absolute Gasteiger partial charge is 0.346 e. The van der Waals surface area contributed by atoms with Gasteiger partial charge in [-0.25, -0.2) is 4.98 Å². The van der Waals surface area contributed by atoms with Crippen LogP contribution in [0.5, 0.6) is 0 Å². The van der Waals surface area contributed by atoms with Gasteiger partial charge >= 0.3 is 0 Å². The number of hydrogen-bond acceptors (Lipinski definition) is 4. The Kier molecular flexibility index (Phi) is 5.90. The first-order valence-corrected chi connectivity index (χ1v) is 8.06. The van der Waals surface area contributed by atoms with Crippen LogP contribution in [0.3, 0.4) is 0 Å². The van der Waals surface area contributed by atoms with Crippen LogP contribution in [0.4, 0.5) is 0 Å². The standard InChI is InChI=1S/C16H21N3OS/c1-3-15-19-13(11-21-15)10-18-16(20)14-7-5-4-6-12(14)8-9-17-2/h4-7,11,17H,3,8-10H2,1-2H3,(H,18,20). The van der Waals surface area contributed by atoms with Crippen LogP contribution in [0.1, 0.15) is 33.5 Å². The molecule has 1 heterocycles. The molecule has 5 heteroatoms. The molecule has 0 aliphatic carbocycles. The molecule has 0 saturated carbocycles. The second-order valence-corrected chi connectivity index (χ2v) is 5.72. The molecular formula is C16H21N3OS. The fourth-order valence-corrected chi connectivity index (χ4v) is 2.82. The molecule has 1 amide bonds. The topological polar surface area (TPSA) is 54.0 Å². The van der Waals surface area contributed by atoms with Gasteiger partial charge in [-0.05, 0) is 38.1 Å². The van der Waals surface area contributed by atoms with E-state index in [2.05, 4.69) is 22.5 Å². The molecule has 0 saturated heterocycles. The minimum Gasteiger partial charge on any atom is -0.346 e. The summed E-state index contributed by atoms with van der Waals surface area (Å²) in [5.74, 6) is -0.0345. The van der Waals surface area contributed by atoms with Gasteiger partial charge in [0.25, 0.3) is 5.91 Å². The first-order valence-electron chi connectivity index (χ1n) is 7.18. The number of nitrogens with zero attached hydrogens (tertiary/aromatic N) is 1. The summed E-state index contributed by atoms with van der Waals surface area (Å²) in [4.78, 5) is 16.8. The lowest BCUT2D eigenvalue weighted by Gasteiger charge is -2.09. The number of thiazole rings is 1. The maximum atomic E-state index is 12.3. The summed E-state index contributed by atoms with van der Waals surface area (Å²) in [7, 11) is 1.91. The fourth-order valence-electron chi connectivity index (χ4n) is 2.08. The zero-order valence-corrected chi connectivity index (χ0v) is 13.3. The molecule has 2 aromatic rings. The molecule has 0 aliphatic heterocycles. The minimum absolute atomic E-state index is 0.0345. The van der Waals surface area contributed by atoms with E-state index in [0.29, 0.717) is 6.54 Å². The molecule has 1 aromatic heterocycles. The van der Waals surface area contributed by atoms with E-state index >= 15 is 0 Å². The summed E-state index contributed by atoms with van der Waals surface area (Å²) in [5.41, 5.74) is 2.74. The summed E-state index contributed by atoms with van der Waals surface area (Å²) >= 11 is 1.64. The van der Waals surface area contributed by atoms with Crippen molar-refractivity contribution in [3.05, 3.63) is 51.5 Å². The Labute approximate surface area is 129 Å². The van der Waals surface area contributed by atoms with Crippen LogP contribution in [-0.4, -0.2) is 24.5 Å². The Bertz CT molecular complexity index is 595. The molecule has 2 N–H and O–H groups in total. The quantitative estimate of drug-likeness (QED) is 0.826. The first-order chi connectivity index (χ1) is 10.2. The van der Waals surface area contributed by atoms with Crippen molar-refractivity contribution in [2.24, 2.45) is 0 Å². The molecule has 21 heavy (non-hydrogen) atoms. The highest BCUT2D eigenvalue weighted by Gasteiger charge is 2.11. The maximum Gasteiger partial charge on any atom is 0.251 e. The van der Waals surface area contributed by atoms with E-state index in [-0.39, 0.29) is 5.91 Å². The Morgan fingerprint density at radius 1 is 1.33 bits per heavy atom. The summed E-state index contributed by atoms with van der Waals surface area (Å²) in [6.07, 6.45) is 1.78. The molecule has 0 radical (unpaired) electrons. The van der Waals surface area contributed by atoms with Crippen LogP contribution in [0.25, 0.3) is 0 Å². The van der Waals surface area contributed by atoms with Gasteiger partial charge in [-0.1, -0.05) is 25.1 Å². The molecule has 0 unspecified atom stereocenters. The Morgan fingerprint density at radius 3 is 2.86 bits per heavy atom. The predicted molar refractivity (Wildman–Crippen MR) is 86.7 cm³/mol. The molecule has 4 nitrogen and oxygen atoms in total. The summed E-state index contributed by atoms with van der Waals surface area (Å²) in [6, 6.07) is 7.74. The van der Waals surface area contributed by atoms with Crippen LogP contribution < -0.4 is 10.6 Å². The Hall–Kier alpha value is -1.72. The van der Waals surface area contributed by atoms with Crippen molar-refractivity contribution in [3.8, 4) is 0 Å². The summed E-state index contributed by atoms with van der Waals surface area (Å²) in [5, 5.41) is 9.17. The third kappa shape index (κ3) is 4.37. The van der Waals surface area contributed by atoms with Crippen molar-refractivity contribution in [1.82, 2.24) is 15.6 Å². The van der Waals surface area contributed by atoms with Gasteiger partial charge in [-0.15, -0.1) is 11.3 Å². The highest BCUT2D eigenvalue weighted by molar-refractivity contribution is 7.09. The molecule has 1 aromatic carbocycles. The number of aromatic nitrogens is 1. The summed E-state index contributed by atoms with van der Waals surface area (Å²) < 4.78 is 0. The molecule has 112 valence electrons. The number of amides is 1. The molecule has 0 bridgehead atoms. The van der Waals surface area contributed by atoms with E-state index in [1.165, 1.54) is 0 Å². The van der Waals surface area contributed by atoms with E-state index in [0.717, 1.165) is 41.2 Å². The second kappa shape index (κ2) is 7.90. The van der Waals surface area contributed by atoms with Crippen molar-refractivity contribution in [2.75, 3.05) is 13.6 Å². The van der Waals surface area contributed by atoms with E-state index in [4.69, 9.17) is 0 Å². The number of hydrogen-bond donors (Lipinski definition) is 2. The smallest absolute Gasteiger partial charge is 0.251 e. The van der Waals surface area contributed by atoms with Crippen molar-refractivity contribution in [2.45, 2.75) is 26.3 Å². The lowest BCUT2D eigenvalue weighted by Crippen LogP contribution is -2.25. The second-order valence-electron chi connectivity index (χ2n) is 4.78. The van der Waals surface area contributed by atoms with Crippen LogP contribution in [0, 0.1) is 0 Å². The molecule has 0 atom stereocenters. The van der Waals surface area contributed by atoms with E-state index < -0.39 is 0 Å². The van der Waals surface area contributed by atoms with Crippen LogP contribution in [-0.2, 0) is 19.4 Å². The normalized spacial score (nSPS) is 10.6. The highest BCUT2D eigenvalue weighted by Crippen LogP contribution is 2.12. The van der Waals surface area contributed by atoms with Gasteiger partial charge in [-0.3, -0.25) is 4.79 Å². The fraction of sp³-hybridized carbons (Fsp3) is 0.375. The van der Waals surface area contributed by atoms with Crippen molar-refractivity contribution in [1.29, 1.82) is 0 Å². The molecule has 0 spiro atoms. The minimum atomic E-state index is -0.0345. The molecule has 0 aliphatic rings. The Morgan fingerprint density at radius 2 is 2.14 bits per heavy atom. The molecule has 2 rings (SSSR count). The van der Waals surface area contributed by atoms with Gasteiger partial charge < -0.3 is 10.6 Å². The first kappa shape index (κ1) is 15.7.